The zero-order chi connectivity index (χ0) is 25.4. The highest BCUT2D eigenvalue weighted by atomic mass is 19.4. The lowest BCUT2D eigenvalue weighted by atomic mass is 10.1. The number of carbonyl (C=O) groups excluding carboxylic acids is 1. The van der Waals surface area contributed by atoms with Gasteiger partial charge in [-0.3, -0.25) is 4.79 Å². The Morgan fingerprint density at radius 1 is 1.08 bits per heavy atom. The lowest BCUT2D eigenvalue weighted by Crippen LogP contribution is -2.38. The second kappa shape index (κ2) is 9.14. The first-order valence-corrected chi connectivity index (χ1v) is 11.5. The molecule has 4 aromatic rings. The Bertz CT molecular complexity index is 1470. The predicted molar refractivity (Wildman–Crippen MR) is 137 cm³/mol. The fraction of sp³-hybridized carbons (Fsp3) is 0.222. The minimum atomic E-state index is -4.62. The number of nitrogens with zero attached hydrogens (tertiary/aromatic N) is 3. The van der Waals surface area contributed by atoms with Crippen LogP contribution in [-0.2, 0) is 6.18 Å². The van der Waals surface area contributed by atoms with Crippen LogP contribution >= 0.6 is 0 Å². The van der Waals surface area contributed by atoms with E-state index in [1.165, 1.54) is 18.2 Å². The number of fused-ring (bicyclic) bond motifs is 1. The van der Waals surface area contributed by atoms with E-state index >= 15 is 0 Å². The molecular weight excluding hydrogens is 469 g/mol. The van der Waals surface area contributed by atoms with Crippen LogP contribution in [-0.4, -0.2) is 40.1 Å². The van der Waals surface area contributed by atoms with E-state index in [9.17, 15) is 23.1 Å². The van der Waals surface area contributed by atoms with Crippen molar-refractivity contribution in [2.75, 3.05) is 18.0 Å². The first kappa shape index (κ1) is 23.6. The summed E-state index contributed by atoms with van der Waals surface area (Å²) < 4.78 is 40.1. The van der Waals surface area contributed by atoms with Gasteiger partial charge in [-0.25, -0.2) is 9.97 Å². The molecule has 0 radical (unpaired) electrons. The molecule has 2 heterocycles. The van der Waals surface area contributed by atoms with E-state index in [0.29, 0.717) is 42.2 Å². The quantitative estimate of drug-likeness (QED) is 0.357. The van der Waals surface area contributed by atoms with Crippen molar-refractivity contribution in [2.24, 2.45) is 0 Å². The van der Waals surface area contributed by atoms with Gasteiger partial charge in [-0.15, -0.1) is 0 Å². The van der Waals surface area contributed by atoms with Crippen LogP contribution in [0.4, 0.5) is 19.0 Å². The Morgan fingerprint density at radius 2 is 1.83 bits per heavy atom. The molecule has 1 fully saturated rings. The number of aromatic nitrogens is 2. The monoisotopic (exact) mass is 498 g/mol. The number of amides is 1. The van der Waals surface area contributed by atoms with Gasteiger partial charge in [0.05, 0.1) is 22.2 Å². The van der Waals surface area contributed by atoms with Crippen LogP contribution in [0.3, 0.4) is 0 Å². The zero-order valence-corrected chi connectivity index (χ0v) is 19.4. The first-order valence-electron chi connectivity index (χ1n) is 11.5. The van der Waals surface area contributed by atoms with Crippen LogP contribution in [0.1, 0.15) is 32.2 Å². The summed E-state index contributed by atoms with van der Waals surface area (Å²) in [5.74, 6) is 0.316. The van der Waals surface area contributed by atoms with Gasteiger partial charge in [0.2, 0.25) is 0 Å². The van der Waals surface area contributed by atoms with Gasteiger partial charge in [0.15, 0.2) is 5.82 Å². The van der Waals surface area contributed by atoms with Crippen molar-refractivity contribution < 1.29 is 27.4 Å². The molecule has 9 heteroatoms. The second-order valence-electron chi connectivity index (χ2n) is 8.86. The third kappa shape index (κ3) is 4.56. The Hall–Kier alpha value is -4.14. The molecule has 0 bridgehead atoms. The van der Waals surface area contributed by atoms with Gasteiger partial charge >= 0.3 is 6.18 Å². The van der Waals surface area contributed by atoms with Gasteiger partial charge in [-0.1, -0.05) is 30.3 Å². The number of rotatable bonds is 4. The average Bonchev–Trinajstić information content (AvgIpc) is 3.31. The molecule has 190 valence electrons. The molecule has 3 aromatic carbocycles. The Balaban J connectivity index is 0.00000178. The number of aryl methyl sites for hydroxylation is 1. The van der Waals surface area contributed by atoms with E-state index < -0.39 is 23.2 Å². The summed E-state index contributed by atoms with van der Waals surface area (Å²) in [6.45, 7) is 2.88. The summed E-state index contributed by atoms with van der Waals surface area (Å²) >= 11 is 0. The summed E-state index contributed by atoms with van der Waals surface area (Å²) in [6, 6.07) is 17.1. The van der Waals surface area contributed by atoms with Crippen LogP contribution in [0.5, 0.6) is 5.75 Å². The van der Waals surface area contributed by atoms with Crippen molar-refractivity contribution in [3.05, 3.63) is 83.4 Å². The van der Waals surface area contributed by atoms with Crippen LogP contribution in [0.25, 0.3) is 22.3 Å². The summed E-state index contributed by atoms with van der Waals surface area (Å²) in [6.07, 6.45) is -4.07. The normalized spacial score (nSPS) is 15.9. The minimum Gasteiger partial charge on any atom is -0.507 e. The molecule has 0 spiro atoms. The molecule has 5 rings (SSSR count). The Kier molecular flexibility index (Phi) is 5.99. The molecule has 1 saturated heterocycles. The van der Waals surface area contributed by atoms with Crippen molar-refractivity contribution in [2.45, 2.75) is 25.6 Å². The molecule has 1 atom stereocenters. The van der Waals surface area contributed by atoms with Gasteiger partial charge in [-0.05, 0) is 55.3 Å². The number of carbonyl (C=O) groups is 1. The smallest absolute Gasteiger partial charge is 0.417 e. The molecule has 6 nitrogen and oxygen atoms in total. The van der Waals surface area contributed by atoms with Crippen LogP contribution in [0, 0.1) is 6.92 Å². The van der Waals surface area contributed by atoms with Crippen molar-refractivity contribution in [3.63, 3.8) is 0 Å². The number of benzene rings is 3. The zero-order valence-electron chi connectivity index (χ0n) is 19.4. The molecule has 36 heavy (non-hydrogen) atoms. The second-order valence-corrected chi connectivity index (χ2v) is 8.86. The van der Waals surface area contributed by atoms with E-state index in [2.05, 4.69) is 10.3 Å². The number of phenols is 1. The third-order valence-corrected chi connectivity index (χ3v) is 6.28. The highest BCUT2D eigenvalue weighted by Crippen LogP contribution is 2.34. The topological polar surface area (TPSA) is 78.4 Å². The molecule has 1 amide bonds. The fourth-order valence-electron chi connectivity index (χ4n) is 4.51. The van der Waals surface area contributed by atoms with Gasteiger partial charge in [0.25, 0.3) is 5.91 Å². The lowest BCUT2D eigenvalue weighted by molar-refractivity contribution is -0.137. The maximum Gasteiger partial charge on any atom is 0.417 e. The molecular formula is C27H29F3N4O2. The minimum absolute atomic E-state index is 0. The molecule has 1 aromatic heterocycles. The Morgan fingerprint density at radius 3 is 2.61 bits per heavy atom. The summed E-state index contributed by atoms with van der Waals surface area (Å²) in [5.41, 5.74) is 0.875. The predicted octanol–water partition coefficient (Wildman–Crippen LogP) is 6.08. The molecule has 1 aliphatic rings. The molecule has 0 saturated carbocycles. The number of nitrogens with one attached hydrogen (secondary N) is 1. The summed E-state index contributed by atoms with van der Waals surface area (Å²) in [7, 11) is 0. The maximum atomic E-state index is 13.4. The van der Waals surface area contributed by atoms with Crippen LogP contribution < -0.4 is 10.2 Å². The summed E-state index contributed by atoms with van der Waals surface area (Å²) in [5, 5.41) is 13.9. The number of anilines is 1. The maximum absolute atomic E-state index is 13.4. The van der Waals surface area contributed by atoms with Crippen molar-refractivity contribution >= 4 is 22.6 Å². The van der Waals surface area contributed by atoms with E-state index in [1.807, 2.05) is 30.0 Å². The summed E-state index contributed by atoms with van der Waals surface area (Å²) in [4.78, 5) is 24.2. The Labute approximate surface area is 209 Å². The number of hydrogen-bond donors (Lipinski definition) is 2. The average molecular weight is 499 g/mol. The number of phenolic OH excluding ortho intramolecular Hbond substituents is 1. The third-order valence-electron chi connectivity index (χ3n) is 6.28. The number of para-hydroxylation sites is 1. The van der Waals surface area contributed by atoms with E-state index in [1.54, 1.807) is 24.3 Å². The molecule has 1 aliphatic heterocycles. The largest absolute Gasteiger partial charge is 0.507 e. The highest BCUT2D eigenvalue weighted by Gasteiger charge is 2.36. The van der Waals surface area contributed by atoms with Crippen LogP contribution in [0.15, 0.2) is 66.7 Å². The number of alkyl halides is 3. The lowest BCUT2D eigenvalue weighted by Gasteiger charge is -2.21. The highest BCUT2D eigenvalue weighted by molar-refractivity contribution is 5.96. The number of halogens is 3. The van der Waals surface area contributed by atoms with E-state index in [-0.39, 0.29) is 16.1 Å². The fourth-order valence-corrected chi connectivity index (χ4v) is 4.51. The van der Waals surface area contributed by atoms with Crippen molar-refractivity contribution in [3.8, 4) is 17.1 Å². The van der Waals surface area contributed by atoms with E-state index in [0.717, 1.165) is 17.0 Å². The first-order chi connectivity index (χ1) is 17.2. The van der Waals surface area contributed by atoms with E-state index in [4.69, 9.17) is 4.98 Å². The standard InChI is InChI=1S/C27H23F3N4O2.3H2/c1-16-10-11-19-22(14-16)32-24(20-7-3-5-9-23(20)35)33-25(19)34-13-12-17(15-34)31-26(36)18-6-2-4-8-21(18)27(28,29)30;;;/h2-11,14,17,35H,12-13,15H2,1H3,(H,31,36);3*1H/t17-;;;/m1.../s1. The van der Waals surface area contributed by atoms with Crippen molar-refractivity contribution in [1.82, 2.24) is 15.3 Å². The molecule has 2 N–H and O–H groups in total. The van der Waals surface area contributed by atoms with Gasteiger partial charge in [0, 0.05) is 28.8 Å². The molecule has 0 unspecified atom stereocenters. The van der Waals surface area contributed by atoms with Gasteiger partial charge < -0.3 is 15.3 Å². The van der Waals surface area contributed by atoms with Crippen molar-refractivity contribution in [1.29, 1.82) is 0 Å². The van der Waals surface area contributed by atoms with Crippen LogP contribution in [0.2, 0.25) is 0 Å². The number of hydrogen-bond acceptors (Lipinski definition) is 5. The SMILES string of the molecule is Cc1ccc2c(N3CC[C@@H](NC(=O)c4ccccc4C(F)(F)F)C3)nc(-c3ccccc3O)nc2c1.[HH].[HH].[HH]. The molecule has 0 aliphatic carbocycles. The van der Waals surface area contributed by atoms with Gasteiger partial charge in [0.1, 0.15) is 11.6 Å². The van der Waals surface area contributed by atoms with Gasteiger partial charge in [-0.2, -0.15) is 13.2 Å². The number of aromatic hydroxyl groups is 1.